The van der Waals surface area contributed by atoms with Gasteiger partial charge in [0, 0.05) is 13.3 Å². The largest absolute Gasteiger partial charge is 0.458 e. The van der Waals surface area contributed by atoms with Gasteiger partial charge in [-0.1, -0.05) is 17.7 Å². The van der Waals surface area contributed by atoms with E-state index in [1.54, 1.807) is 13.0 Å². The average Bonchev–Trinajstić information content (AvgIpc) is 2.73. The second-order valence-electron chi connectivity index (χ2n) is 8.81. The first-order valence-electron chi connectivity index (χ1n) is 11.0. The molecule has 0 heterocycles. The van der Waals surface area contributed by atoms with E-state index < -0.39 is 54.8 Å². The maximum absolute atomic E-state index is 11.5. The van der Waals surface area contributed by atoms with Crippen LogP contribution in [0.15, 0.2) is 23.3 Å². The van der Waals surface area contributed by atoms with Crippen molar-refractivity contribution in [3.8, 4) is 0 Å². The van der Waals surface area contributed by atoms with Gasteiger partial charge >= 0.3 is 5.97 Å². The number of aliphatic hydroxyl groups excluding tert-OH is 6. The van der Waals surface area contributed by atoms with Crippen LogP contribution in [0, 0.1) is 0 Å². The van der Waals surface area contributed by atoms with Crippen molar-refractivity contribution in [1.82, 2.24) is 0 Å². The number of ether oxygens (including phenoxy) is 2. The van der Waals surface area contributed by atoms with Gasteiger partial charge in [-0.3, -0.25) is 4.79 Å². The van der Waals surface area contributed by atoms with Gasteiger partial charge in [0.2, 0.25) is 0 Å². The molecular formula is C23H42O10. The normalized spacial score (nSPS) is 19.6. The Bertz CT molecular complexity index is 627. The van der Waals surface area contributed by atoms with E-state index in [9.17, 15) is 35.4 Å². The van der Waals surface area contributed by atoms with Gasteiger partial charge in [-0.05, 0) is 46.1 Å². The summed E-state index contributed by atoms with van der Waals surface area (Å²) in [5.41, 5.74) is 0.269. The number of hydrogen-bond donors (Lipinski definition) is 7. The van der Waals surface area contributed by atoms with E-state index >= 15 is 0 Å². The molecule has 0 radical (unpaired) electrons. The molecule has 0 bridgehead atoms. The fourth-order valence-corrected chi connectivity index (χ4v) is 2.98. The van der Waals surface area contributed by atoms with Crippen LogP contribution in [-0.2, 0) is 14.3 Å². The Kier molecular flexibility index (Phi) is 14.9. The summed E-state index contributed by atoms with van der Waals surface area (Å²) in [5.74, 6) is -0.556. The van der Waals surface area contributed by atoms with Crippen molar-refractivity contribution in [2.75, 3.05) is 19.8 Å². The van der Waals surface area contributed by atoms with Gasteiger partial charge in [0.25, 0.3) is 0 Å². The molecule has 7 N–H and O–H groups in total. The molecule has 194 valence electrons. The molecule has 0 fully saturated rings. The van der Waals surface area contributed by atoms with E-state index in [1.807, 2.05) is 19.9 Å². The van der Waals surface area contributed by atoms with Gasteiger partial charge in [-0.15, -0.1) is 0 Å². The standard InChI is InChI=1S/C23H42O10/c1-14(2)7-6-9-23(5,31)20(28)11-19(33-16(4)25)15(3)8-10-32-13-18(27)22(30)21(29)17(26)12-24/h7-8,17-22,24,26-31H,6,9-13H2,1-5H3/b15-8+/t17-,18+,19+,20-,21-,22+,23-/m1/s1. The Morgan fingerprint density at radius 2 is 1.55 bits per heavy atom. The molecule has 0 saturated carbocycles. The zero-order valence-electron chi connectivity index (χ0n) is 20.2. The molecule has 0 aromatic carbocycles. The van der Waals surface area contributed by atoms with Gasteiger partial charge in [-0.25, -0.2) is 0 Å². The molecule has 0 aliphatic heterocycles. The van der Waals surface area contributed by atoms with E-state index in [2.05, 4.69) is 0 Å². The maximum atomic E-state index is 11.5. The van der Waals surface area contributed by atoms with Crippen molar-refractivity contribution in [2.45, 2.75) is 96.1 Å². The number of carbonyl (C=O) groups excluding carboxylic acids is 1. The highest BCUT2D eigenvalue weighted by atomic mass is 16.5. The van der Waals surface area contributed by atoms with E-state index in [4.69, 9.17) is 14.6 Å². The molecule has 0 spiro atoms. The van der Waals surface area contributed by atoms with Crippen molar-refractivity contribution in [2.24, 2.45) is 0 Å². The van der Waals surface area contributed by atoms with Gasteiger partial charge < -0.3 is 45.2 Å². The fourth-order valence-electron chi connectivity index (χ4n) is 2.98. The third kappa shape index (κ3) is 12.6. The van der Waals surface area contributed by atoms with Gasteiger partial charge in [-0.2, -0.15) is 0 Å². The lowest BCUT2D eigenvalue weighted by Gasteiger charge is -2.31. The monoisotopic (exact) mass is 478 g/mol. The molecule has 7 atom stereocenters. The van der Waals surface area contributed by atoms with Crippen LogP contribution in [0.4, 0.5) is 0 Å². The molecule has 0 rings (SSSR count). The highest BCUT2D eigenvalue weighted by Gasteiger charge is 2.33. The van der Waals surface area contributed by atoms with Crippen molar-refractivity contribution >= 4 is 5.97 Å². The summed E-state index contributed by atoms with van der Waals surface area (Å²) in [6, 6.07) is 0. The molecule has 0 aromatic rings. The minimum Gasteiger partial charge on any atom is -0.458 e. The van der Waals surface area contributed by atoms with E-state index in [1.165, 1.54) is 13.8 Å². The Balaban J connectivity index is 4.93. The summed E-state index contributed by atoms with van der Waals surface area (Å²) in [4.78, 5) is 11.5. The molecule has 0 unspecified atom stereocenters. The van der Waals surface area contributed by atoms with E-state index in [0.717, 1.165) is 5.57 Å². The van der Waals surface area contributed by atoms with Gasteiger partial charge in [0.05, 0.1) is 31.5 Å². The predicted molar refractivity (Wildman–Crippen MR) is 121 cm³/mol. The minimum absolute atomic E-state index is 0.0314. The molecule has 0 aliphatic carbocycles. The number of carbonyl (C=O) groups is 1. The molecule has 33 heavy (non-hydrogen) atoms. The molecule has 0 amide bonds. The van der Waals surface area contributed by atoms with Gasteiger partial charge in [0.1, 0.15) is 30.5 Å². The maximum Gasteiger partial charge on any atom is 0.303 e. The zero-order chi connectivity index (χ0) is 25.8. The smallest absolute Gasteiger partial charge is 0.303 e. The average molecular weight is 479 g/mol. The Hall–Kier alpha value is -1.37. The SMILES string of the molecule is CC(=O)O[C@@H](C[C@@H](O)[C@](C)(O)CCC=C(C)C)/C(C)=C/COC[C@H](O)[C@H](O)[C@H](O)[C@H](O)CO. The summed E-state index contributed by atoms with van der Waals surface area (Å²) in [6.45, 7) is 7.11. The van der Waals surface area contributed by atoms with Crippen LogP contribution in [0.1, 0.15) is 53.9 Å². The third-order valence-electron chi connectivity index (χ3n) is 5.31. The molecule has 0 aromatic heterocycles. The number of rotatable bonds is 16. The lowest BCUT2D eigenvalue weighted by atomic mass is 9.88. The lowest BCUT2D eigenvalue weighted by molar-refractivity contribution is -0.148. The van der Waals surface area contributed by atoms with Crippen LogP contribution in [0.3, 0.4) is 0 Å². The van der Waals surface area contributed by atoms with Gasteiger partial charge in [0.15, 0.2) is 0 Å². The van der Waals surface area contributed by atoms with Crippen LogP contribution in [0.5, 0.6) is 0 Å². The van der Waals surface area contributed by atoms with Crippen LogP contribution in [-0.4, -0.2) is 104 Å². The first kappa shape index (κ1) is 31.6. The summed E-state index contributed by atoms with van der Waals surface area (Å²) in [7, 11) is 0. The molecule has 10 heteroatoms. The number of esters is 1. The van der Waals surface area contributed by atoms with Crippen LogP contribution in [0.25, 0.3) is 0 Å². The second-order valence-corrected chi connectivity index (χ2v) is 8.81. The van der Waals surface area contributed by atoms with Crippen molar-refractivity contribution in [3.63, 3.8) is 0 Å². The zero-order valence-corrected chi connectivity index (χ0v) is 20.2. The Morgan fingerprint density at radius 3 is 2.06 bits per heavy atom. The molecular weight excluding hydrogens is 436 g/mol. The lowest BCUT2D eigenvalue weighted by Crippen LogP contribution is -2.47. The summed E-state index contributed by atoms with van der Waals surface area (Å²) >= 11 is 0. The van der Waals surface area contributed by atoms with Crippen molar-refractivity contribution in [3.05, 3.63) is 23.3 Å². The first-order chi connectivity index (χ1) is 15.2. The van der Waals surface area contributed by atoms with Crippen LogP contribution >= 0.6 is 0 Å². The highest BCUT2D eigenvalue weighted by molar-refractivity contribution is 5.66. The Labute approximate surface area is 195 Å². The van der Waals surface area contributed by atoms with Crippen LogP contribution in [0.2, 0.25) is 0 Å². The number of allylic oxidation sites excluding steroid dienone is 2. The summed E-state index contributed by atoms with van der Waals surface area (Å²) in [5, 5.41) is 68.5. The van der Waals surface area contributed by atoms with Crippen molar-refractivity contribution in [1.29, 1.82) is 0 Å². The molecule has 0 saturated heterocycles. The minimum atomic E-state index is -1.75. The fraction of sp³-hybridized carbons (Fsp3) is 0.783. The summed E-state index contributed by atoms with van der Waals surface area (Å²) in [6.07, 6.45) is -4.15. The predicted octanol–water partition coefficient (Wildman–Crippen LogP) is -0.435. The van der Waals surface area contributed by atoms with E-state index in [0.29, 0.717) is 18.4 Å². The topological polar surface area (TPSA) is 177 Å². The van der Waals surface area contributed by atoms with Crippen molar-refractivity contribution < 1.29 is 50.0 Å². The number of hydrogen-bond acceptors (Lipinski definition) is 10. The number of aliphatic hydroxyl groups is 7. The highest BCUT2D eigenvalue weighted by Crippen LogP contribution is 2.24. The molecule has 10 nitrogen and oxygen atoms in total. The molecule has 0 aliphatic rings. The first-order valence-corrected chi connectivity index (χ1v) is 11.0. The van der Waals surface area contributed by atoms with E-state index in [-0.39, 0.29) is 19.6 Å². The Morgan fingerprint density at radius 1 is 0.970 bits per heavy atom. The second kappa shape index (κ2) is 15.5. The quantitative estimate of drug-likeness (QED) is 0.0874. The summed E-state index contributed by atoms with van der Waals surface area (Å²) < 4.78 is 10.5. The third-order valence-corrected chi connectivity index (χ3v) is 5.31. The van der Waals surface area contributed by atoms with Crippen LogP contribution < -0.4 is 0 Å².